The number of nitrogens with one attached hydrogen (secondary N) is 1. The SMILES string of the molecule is CC(C)(C)OC(=O)N[C@H](CO)C(F)(F)c1ccccc1. The van der Waals surface area contributed by atoms with Crippen LogP contribution in [0.1, 0.15) is 26.3 Å². The molecule has 0 bridgehead atoms. The predicted molar refractivity (Wildman–Crippen MR) is 70.6 cm³/mol. The third-order valence-corrected chi connectivity index (χ3v) is 2.47. The van der Waals surface area contributed by atoms with E-state index in [0.717, 1.165) is 0 Å². The molecule has 0 spiro atoms. The monoisotopic (exact) mass is 287 g/mol. The maximum atomic E-state index is 14.2. The van der Waals surface area contributed by atoms with E-state index in [1.807, 2.05) is 5.32 Å². The first-order valence-electron chi connectivity index (χ1n) is 6.20. The van der Waals surface area contributed by atoms with Crippen LogP contribution in [-0.2, 0) is 10.7 Å². The lowest BCUT2D eigenvalue weighted by molar-refractivity contribution is -0.0615. The van der Waals surface area contributed by atoms with E-state index in [1.165, 1.54) is 24.3 Å². The fraction of sp³-hybridized carbons (Fsp3) is 0.500. The van der Waals surface area contributed by atoms with Gasteiger partial charge >= 0.3 is 6.09 Å². The maximum absolute atomic E-state index is 14.2. The number of alkyl carbamates (subject to hydrolysis) is 1. The van der Waals surface area contributed by atoms with E-state index in [0.29, 0.717) is 0 Å². The fourth-order valence-corrected chi connectivity index (χ4v) is 1.56. The Hall–Kier alpha value is -1.69. The number of hydrogen-bond donors (Lipinski definition) is 2. The highest BCUT2D eigenvalue weighted by Gasteiger charge is 2.42. The second kappa shape index (κ2) is 6.17. The van der Waals surface area contributed by atoms with E-state index in [-0.39, 0.29) is 5.56 Å². The molecule has 0 aromatic heterocycles. The molecule has 0 aliphatic carbocycles. The van der Waals surface area contributed by atoms with Crippen LogP contribution in [0.2, 0.25) is 0 Å². The molecule has 20 heavy (non-hydrogen) atoms. The molecule has 1 atom stereocenters. The van der Waals surface area contributed by atoms with Crippen molar-refractivity contribution in [3.05, 3.63) is 35.9 Å². The van der Waals surface area contributed by atoms with Crippen LogP contribution >= 0.6 is 0 Å². The average Bonchev–Trinajstić information content (AvgIpc) is 2.34. The Labute approximate surface area is 116 Å². The highest BCUT2D eigenvalue weighted by molar-refractivity contribution is 5.68. The molecule has 1 amide bonds. The third-order valence-electron chi connectivity index (χ3n) is 2.47. The van der Waals surface area contributed by atoms with Crippen molar-refractivity contribution in [1.82, 2.24) is 5.32 Å². The molecular formula is C14H19F2NO3. The van der Waals surface area contributed by atoms with Gasteiger partial charge in [-0.1, -0.05) is 30.3 Å². The summed E-state index contributed by atoms with van der Waals surface area (Å²) in [4.78, 5) is 11.5. The number of carbonyl (C=O) groups excluding carboxylic acids is 1. The number of halogens is 2. The Balaban J connectivity index is 2.83. The summed E-state index contributed by atoms with van der Waals surface area (Å²) in [6, 6.07) is 5.25. The molecule has 0 saturated carbocycles. The van der Waals surface area contributed by atoms with E-state index >= 15 is 0 Å². The number of ether oxygens (including phenoxy) is 1. The van der Waals surface area contributed by atoms with Crippen molar-refractivity contribution >= 4 is 6.09 Å². The number of carbonyl (C=O) groups is 1. The molecule has 6 heteroatoms. The molecule has 4 nitrogen and oxygen atoms in total. The maximum Gasteiger partial charge on any atom is 0.408 e. The summed E-state index contributed by atoms with van der Waals surface area (Å²) in [5.41, 5.74) is -1.08. The molecule has 0 fully saturated rings. The topological polar surface area (TPSA) is 58.6 Å². The Bertz CT molecular complexity index is 443. The molecule has 1 aromatic rings. The van der Waals surface area contributed by atoms with E-state index in [4.69, 9.17) is 9.84 Å². The highest BCUT2D eigenvalue weighted by atomic mass is 19.3. The first kappa shape index (κ1) is 16.4. The van der Waals surface area contributed by atoms with Gasteiger partial charge in [0.2, 0.25) is 0 Å². The van der Waals surface area contributed by atoms with Gasteiger partial charge in [0.15, 0.2) is 0 Å². The number of amides is 1. The quantitative estimate of drug-likeness (QED) is 0.895. The minimum Gasteiger partial charge on any atom is -0.444 e. The van der Waals surface area contributed by atoms with Crippen molar-refractivity contribution in [1.29, 1.82) is 0 Å². The van der Waals surface area contributed by atoms with E-state index in [9.17, 15) is 13.6 Å². The van der Waals surface area contributed by atoms with Crippen molar-refractivity contribution in [3.63, 3.8) is 0 Å². The van der Waals surface area contributed by atoms with Crippen LogP contribution in [0.3, 0.4) is 0 Å². The number of alkyl halides is 2. The van der Waals surface area contributed by atoms with Gasteiger partial charge in [0.05, 0.1) is 6.61 Å². The zero-order valence-corrected chi connectivity index (χ0v) is 11.7. The second-order valence-corrected chi connectivity index (χ2v) is 5.37. The van der Waals surface area contributed by atoms with Crippen LogP contribution in [0.4, 0.5) is 13.6 Å². The average molecular weight is 287 g/mol. The van der Waals surface area contributed by atoms with E-state index in [2.05, 4.69) is 0 Å². The van der Waals surface area contributed by atoms with Gasteiger partial charge in [0.25, 0.3) is 5.92 Å². The number of hydrogen-bond acceptors (Lipinski definition) is 3. The Morgan fingerprint density at radius 3 is 2.30 bits per heavy atom. The molecule has 0 radical (unpaired) electrons. The lowest BCUT2D eigenvalue weighted by Gasteiger charge is -2.28. The molecule has 1 rings (SSSR count). The van der Waals surface area contributed by atoms with Gasteiger partial charge in [-0.2, -0.15) is 8.78 Å². The summed E-state index contributed by atoms with van der Waals surface area (Å²) in [5, 5.41) is 11.1. The van der Waals surface area contributed by atoms with Gasteiger partial charge in [0.1, 0.15) is 11.6 Å². The van der Waals surface area contributed by atoms with Gasteiger partial charge in [0, 0.05) is 5.56 Å². The summed E-state index contributed by atoms with van der Waals surface area (Å²) in [6.07, 6.45) is -0.993. The van der Waals surface area contributed by atoms with Gasteiger partial charge in [-0.3, -0.25) is 0 Å². The largest absolute Gasteiger partial charge is 0.444 e. The molecule has 0 saturated heterocycles. The minimum atomic E-state index is -3.40. The molecule has 0 heterocycles. The first-order chi connectivity index (χ1) is 9.16. The molecule has 0 unspecified atom stereocenters. The summed E-state index contributed by atoms with van der Waals surface area (Å²) in [5.74, 6) is -3.40. The summed E-state index contributed by atoms with van der Waals surface area (Å²) >= 11 is 0. The van der Waals surface area contributed by atoms with E-state index < -0.39 is 30.3 Å². The van der Waals surface area contributed by atoms with Crippen molar-refractivity contribution in [2.75, 3.05) is 6.61 Å². The summed E-state index contributed by atoms with van der Waals surface area (Å²) in [7, 11) is 0. The molecule has 2 N–H and O–H groups in total. The number of rotatable bonds is 4. The van der Waals surface area contributed by atoms with Gasteiger partial charge < -0.3 is 15.2 Å². The Morgan fingerprint density at radius 2 is 1.85 bits per heavy atom. The highest BCUT2D eigenvalue weighted by Crippen LogP contribution is 2.31. The van der Waals surface area contributed by atoms with Crippen molar-refractivity contribution in [2.45, 2.75) is 38.3 Å². The summed E-state index contributed by atoms with van der Waals surface area (Å²) < 4.78 is 33.3. The lowest BCUT2D eigenvalue weighted by Crippen LogP contribution is -2.49. The van der Waals surface area contributed by atoms with Crippen LogP contribution in [0, 0.1) is 0 Å². The molecule has 0 aliphatic heterocycles. The summed E-state index contributed by atoms with van der Waals surface area (Å²) in [6.45, 7) is 3.96. The van der Waals surface area contributed by atoms with Crippen LogP contribution in [0.25, 0.3) is 0 Å². The minimum absolute atomic E-state index is 0.282. The fourth-order valence-electron chi connectivity index (χ4n) is 1.56. The van der Waals surface area contributed by atoms with Gasteiger partial charge in [-0.05, 0) is 20.8 Å². The van der Waals surface area contributed by atoms with Crippen molar-refractivity contribution < 1.29 is 23.4 Å². The predicted octanol–water partition coefficient (Wildman–Crippen LogP) is 2.66. The lowest BCUT2D eigenvalue weighted by atomic mass is 10.0. The zero-order valence-electron chi connectivity index (χ0n) is 11.7. The van der Waals surface area contributed by atoms with E-state index in [1.54, 1.807) is 26.8 Å². The number of aliphatic hydroxyl groups is 1. The van der Waals surface area contributed by atoms with Crippen LogP contribution in [0.15, 0.2) is 30.3 Å². The molecular weight excluding hydrogens is 268 g/mol. The number of benzene rings is 1. The third kappa shape index (κ3) is 4.45. The standard InChI is InChI=1S/C14H19F2NO3/c1-13(2,3)20-12(19)17-11(9-18)14(15,16)10-7-5-4-6-8-10/h4-8,11,18H,9H2,1-3H3,(H,17,19)/t11-/m1/s1. The van der Waals surface area contributed by atoms with Crippen LogP contribution < -0.4 is 5.32 Å². The molecule has 112 valence electrons. The first-order valence-corrected chi connectivity index (χ1v) is 6.20. The van der Waals surface area contributed by atoms with Crippen LogP contribution in [-0.4, -0.2) is 29.4 Å². The van der Waals surface area contributed by atoms with Crippen LogP contribution in [0.5, 0.6) is 0 Å². The van der Waals surface area contributed by atoms with Gasteiger partial charge in [-0.25, -0.2) is 4.79 Å². The Kier molecular flexibility index (Phi) is 5.05. The smallest absolute Gasteiger partial charge is 0.408 e. The normalized spacial score (nSPS) is 13.7. The van der Waals surface area contributed by atoms with Crippen molar-refractivity contribution in [3.8, 4) is 0 Å². The van der Waals surface area contributed by atoms with Gasteiger partial charge in [-0.15, -0.1) is 0 Å². The molecule has 1 aromatic carbocycles. The number of aliphatic hydroxyl groups excluding tert-OH is 1. The Morgan fingerprint density at radius 1 is 1.30 bits per heavy atom. The van der Waals surface area contributed by atoms with Crippen molar-refractivity contribution in [2.24, 2.45) is 0 Å². The second-order valence-electron chi connectivity index (χ2n) is 5.37. The zero-order chi connectivity index (χ0) is 15.4. The molecule has 0 aliphatic rings.